The van der Waals surface area contributed by atoms with Gasteiger partial charge in [0, 0.05) is 5.54 Å². The van der Waals surface area contributed by atoms with Crippen LogP contribution in [0.15, 0.2) is 12.2 Å². The van der Waals surface area contributed by atoms with Crippen molar-refractivity contribution in [3.8, 4) is 0 Å². The molecule has 0 amide bonds. The molecule has 1 nitrogen and oxygen atoms in total. The molecule has 0 aromatic rings. The number of hydrogen-bond acceptors (Lipinski definition) is 1. The third-order valence-corrected chi connectivity index (χ3v) is 2.62. The smallest absolute Gasteiger partial charge is 0.0118 e. The van der Waals surface area contributed by atoms with Crippen molar-refractivity contribution in [1.29, 1.82) is 0 Å². The van der Waals surface area contributed by atoms with Gasteiger partial charge in [-0.1, -0.05) is 32.9 Å². The van der Waals surface area contributed by atoms with Gasteiger partial charge in [-0.25, -0.2) is 0 Å². The first-order chi connectivity index (χ1) is 5.89. The summed E-state index contributed by atoms with van der Waals surface area (Å²) in [6, 6.07) is 0. The van der Waals surface area contributed by atoms with E-state index < -0.39 is 0 Å². The minimum absolute atomic E-state index is 0.306. The van der Waals surface area contributed by atoms with Crippen LogP contribution in [0.5, 0.6) is 0 Å². The van der Waals surface area contributed by atoms with E-state index in [0.29, 0.717) is 11.0 Å². The van der Waals surface area contributed by atoms with Gasteiger partial charge >= 0.3 is 0 Å². The first-order valence-electron chi connectivity index (χ1n) is 5.22. The van der Waals surface area contributed by atoms with Crippen molar-refractivity contribution in [1.82, 2.24) is 4.90 Å². The Kier molecular flexibility index (Phi) is 6.40. The molecule has 0 radical (unpaired) electrons. The molecule has 0 bridgehead atoms. The first kappa shape index (κ1) is 16.1. The van der Waals surface area contributed by atoms with Crippen LogP contribution in [0.3, 0.4) is 0 Å². The SMILES string of the molecule is C=C(C)C(C)(C)C.CN(C)C(C)(C)C. The van der Waals surface area contributed by atoms with Gasteiger partial charge in [-0.3, -0.25) is 0 Å². The van der Waals surface area contributed by atoms with Crippen molar-refractivity contribution >= 4 is 0 Å². The Morgan fingerprint density at radius 2 is 1.07 bits per heavy atom. The van der Waals surface area contributed by atoms with E-state index in [1.807, 2.05) is 0 Å². The molecule has 0 aromatic carbocycles. The fourth-order valence-corrected chi connectivity index (χ4v) is 0. The molecule has 0 fully saturated rings. The van der Waals surface area contributed by atoms with Crippen molar-refractivity contribution in [3.63, 3.8) is 0 Å². The molecule has 0 aliphatic heterocycles. The first-order valence-corrected chi connectivity index (χ1v) is 5.22. The Labute approximate surface area is 91.2 Å². The molecular formula is C13H29N. The minimum atomic E-state index is 0.306. The summed E-state index contributed by atoms with van der Waals surface area (Å²) in [5, 5.41) is 0. The summed E-state index contributed by atoms with van der Waals surface area (Å²) in [6.07, 6.45) is 0. The Hall–Kier alpha value is -0.300. The van der Waals surface area contributed by atoms with Crippen molar-refractivity contribution < 1.29 is 0 Å². The lowest BCUT2D eigenvalue weighted by molar-refractivity contribution is 0.219. The lowest BCUT2D eigenvalue weighted by Crippen LogP contribution is -2.34. The van der Waals surface area contributed by atoms with Gasteiger partial charge in [-0.05, 0) is 47.2 Å². The third-order valence-electron chi connectivity index (χ3n) is 2.62. The van der Waals surface area contributed by atoms with Gasteiger partial charge in [0.1, 0.15) is 0 Å². The van der Waals surface area contributed by atoms with Gasteiger partial charge < -0.3 is 4.90 Å². The molecule has 0 N–H and O–H groups in total. The van der Waals surface area contributed by atoms with E-state index in [-0.39, 0.29) is 0 Å². The summed E-state index contributed by atoms with van der Waals surface area (Å²) in [5.74, 6) is 0. The predicted molar refractivity (Wildman–Crippen MR) is 67.7 cm³/mol. The van der Waals surface area contributed by atoms with Crippen molar-refractivity contribution in [2.75, 3.05) is 14.1 Å². The average molecular weight is 199 g/mol. The highest BCUT2D eigenvalue weighted by Gasteiger charge is 2.10. The van der Waals surface area contributed by atoms with Crippen LogP contribution in [-0.2, 0) is 0 Å². The van der Waals surface area contributed by atoms with Gasteiger partial charge in [0.25, 0.3) is 0 Å². The van der Waals surface area contributed by atoms with Crippen LogP contribution in [-0.4, -0.2) is 24.5 Å². The van der Waals surface area contributed by atoms with Crippen molar-refractivity contribution in [3.05, 3.63) is 12.2 Å². The zero-order valence-corrected chi connectivity index (χ0v) is 11.7. The van der Waals surface area contributed by atoms with Gasteiger partial charge in [-0.2, -0.15) is 0 Å². The zero-order chi connectivity index (χ0) is 12.2. The minimum Gasteiger partial charge on any atom is -0.305 e. The largest absolute Gasteiger partial charge is 0.305 e. The van der Waals surface area contributed by atoms with E-state index in [0.717, 1.165) is 0 Å². The Morgan fingerprint density at radius 3 is 1.07 bits per heavy atom. The highest BCUT2D eigenvalue weighted by atomic mass is 15.1. The molecule has 0 saturated carbocycles. The Morgan fingerprint density at radius 1 is 0.929 bits per heavy atom. The van der Waals surface area contributed by atoms with Gasteiger partial charge in [-0.15, -0.1) is 0 Å². The van der Waals surface area contributed by atoms with Gasteiger partial charge in [0.15, 0.2) is 0 Å². The van der Waals surface area contributed by atoms with E-state index in [1.54, 1.807) is 0 Å². The van der Waals surface area contributed by atoms with Crippen LogP contribution in [0.25, 0.3) is 0 Å². The fourth-order valence-electron chi connectivity index (χ4n) is 0. The lowest BCUT2D eigenvalue weighted by Gasteiger charge is -2.27. The molecule has 0 heterocycles. The summed E-state index contributed by atoms with van der Waals surface area (Å²) in [4.78, 5) is 2.19. The predicted octanol–water partition coefficient (Wildman–Crippen LogP) is 3.96. The van der Waals surface area contributed by atoms with E-state index in [9.17, 15) is 0 Å². The second kappa shape index (κ2) is 5.55. The summed E-state index contributed by atoms with van der Waals surface area (Å²) < 4.78 is 0. The summed E-state index contributed by atoms with van der Waals surface area (Å²) in [5.41, 5.74) is 1.88. The molecule has 86 valence electrons. The summed E-state index contributed by atoms with van der Waals surface area (Å²) in [6.45, 7) is 18.9. The normalized spacial score (nSPS) is 12.1. The molecule has 0 atom stereocenters. The molecule has 0 aliphatic carbocycles. The standard InChI is InChI=1S/C7H14.C6H15N/c1-6(2)7(3,4)5;1-6(2,3)7(4)5/h1H2,2-5H3;1-5H3. The monoisotopic (exact) mass is 199 g/mol. The molecule has 0 aromatic heterocycles. The van der Waals surface area contributed by atoms with Crippen LogP contribution in [0.2, 0.25) is 0 Å². The highest BCUT2D eigenvalue weighted by Crippen LogP contribution is 2.21. The van der Waals surface area contributed by atoms with Crippen LogP contribution in [0.4, 0.5) is 0 Å². The second-order valence-electron chi connectivity index (χ2n) is 6.10. The third kappa shape index (κ3) is 9.79. The number of rotatable bonds is 0. The van der Waals surface area contributed by atoms with E-state index in [2.05, 4.69) is 74.0 Å². The van der Waals surface area contributed by atoms with E-state index in [1.165, 1.54) is 5.57 Å². The van der Waals surface area contributed by atoms with Gasteiger partial charge in [0.05, 0.1) is 0 Å². The van der Waals surface area contributed by atoms with E-state index in [4.69, 9.17) is 0 Å². The van der Waals surface area contributed by atoms with E-state index >= 15 is 0 Å². The molecular weight excluding hydrogens is 170 g/mol. The molecule has 0 rings (SSSR count). The Bertz CT molecular complexity index is 165. The maximum absolute atomic E-state index is 3.83. The van der Waals surface area contributed by atoms with Gasteiger partial charge in [0.2, 0.25) is 0 Å². The summed E-state index contributed by atoms with van der Waals surface area (Å²) in [7, 11) is 4.17. The quantitative estimate of drug-likeness (QED) is 0.534. The van der Waals surface area contributed by atoms with Crippen LogP contribution in [0.1, 0.15) is 48.5 Å². The molecule has 0 spiro atoms. The maximum Gasteiger partial charge on any atom is 0.0118 e. The maximum atomic E-state index is 3.83. The fraction of sp³-hybridized carbons (Fsp3) is 0.846. The molecule has 0 aliphatic rings. The molecule has 0 saturated heterocycles. The van der Waals surface area contributed by atoms with Crippen molar-refractivity contribution in [2.24, 2.45) is 5.41 Å². The topological polar surface area (TPSA) is 3.24 Å². The van der Waals surface area contributed by atoms with Crippen LogP contribution in [0, 0.1) is 5.41 Å². The molecule has 14 heavy (non-hydrogen) atoms. The Balaban J connectivity index is 0. The average Bonchev–Trinajstić information content (AvgIpc) is 1.83. The lowest BCUT2D eigenvalue weighted by atomic mass is 9.89. The number of nitrogens with zero attached hydrogens (tertiary/aromatic N) is 1. The number of allylic oxidation sites excluding steroid dienone is 1. The number of hydrogen-bond donors (Lipinski definition) is 0. The zero-order valence-electron chi connectivity index (χ0n) is 11.7. The highest BCUT2D eigenvalue weighted by molar-refractivity contribution is 4.99. The second-order valence-corrected chi connectivity index (χ2v) is 6.10. The molecule has 1 heteroatoms. The van der Waals surface area contributed by atoms with Crippen molar-refractivity contribution in [2.45, 2.75) is 54.0 Å². The van der Waals surface area contributed by atoms with Crippen LogP contribution >= 0.6 is 0 Å². The molecule has 0 unspecified atom stereocenters. The van der Waals surface area contributed by atoms with Crippen LogP contribution < -0.4 is 0 Å². The summed E-state index contributed by atoms with van der Waals surface area (Å²) >= 11 is 0.